The Kier molecular flexibility index (Phi) is 7.16. The number of aromatic nitrogens is 2. The molecule has 0 atom stereocenters. The first-order valence-corrected chi connectivity index (χ1v) is 11.3. The van der Waals surface area contributed by atoms with Gasteiger partial charge >= 0.3 is 0 Å². The first-order valence-electron chi connectivity index (χ1n) is 11.3. The van der Waals surface area contributed by atoms with E-state index in [4.69, 9.17) is 15.7 Å². The predicted molar refractivity (Wildman–Crippen MR) is 138 cm³/mol. The van der Waals surface area contributed by atoms with Gasteiger partial charge in [0.25, 0.3) is 11.8 Å². The molecule has 4 rings (SSSR count). The number of nitriles is 1. The third-order valence-corrected chi connectivity index (χ3v) is 5.82. The van der Waals surface area contributed by atoms with Gasteiger partial charge < -0.3 is 19.9 Å². The summed E-state index contributed by atoms with van der Waals surface area (Å²) in [5.74, 6) is -0.354. The van der Waals surface area contributed by atoms with Gasteiger partial charge in [-0.1, -0.05) is 6.07 Å². The van der Waals surface area contributed by atoms with Gasteiger partial charge in [-0.05, 0) is 60.7 Å². The van der Waals surface area contributed by atoms with Crippen LogP contribution in [-0.2, 0) is 11.3 Å². The van der Waals surface area contributed by atoms with E-state index >= 15 is 0 Å². The maximum Gasteiger partial charge on any atom is 0.258 e. The minimum atomic E-state index is -0.494. The minimum Gasteiger partial charge on any atom is -0.497 e. The molecule has 10 nitrogen and oxygen atoms in total. The van der Waals surface area contributed by atoms with Crippen LogP contribution in [0.25, 0.3) is 11.0 Å². The normalized spacial score (nSPS) is 10.5. The number of imidazole rings is 1. The molecule has 0 saturated heterocycles. The maximum atomic E-state index is 13.1. The third kappa shape index (κ3) is 5.41. The van der Waals surface area contributed by atoms with Crippen molar-refractivity contribution in [2.24, 2.45) is 5.73 Å². The standard InChI is InChI=1S/C27H24N6O4/c1-32(26(36)19-4-3-5-21(14-19)37-2)20-10-11-23-22(15-20)30-27(33(23)13-12-24(29)34)31-25(35)18-8-6-17(16-28)7-9-18/h3-11,14-15H,12-13H2,1-2H3,(H2,29,34)(H,30,31,35). The van der Waals surface area contributed by atoms with Gasteiger partial charge in [-0.25, -0.2) is 4.98 Å². The van der Waals surface area contributed by atoms with Crippen molar-refractivity contribution < 1.29 is 19.1 Å². The summed E-state index contributed by atoms with van der Waals surface area (Å²) < 4.78 is 6.90. The fourth-order valence-corrected chi connectivity index (χ4v) is 3.81. The summed E-state index contributed by atoms with van der Waals surface area (Å²) in [6, 6.07) is 20.3. The zero-order valence-electron chi connectivity index (χ0n) is 20.3. The van der Waals surface area contributed by atoms with Crippen LogP contribution in [0, 0.1) is 11.3 Å². The molecule has 0 aliphatic rings. The van der Waals surface area contributed by atoms with Crippen LogP contribution in [0.2, 0.25) is 0 Å². The summed E-state index contributed by atoms with van der Waals surface area (Å²) in [5, 5.41) is 11.7. The van der Waals surface area contributed by atoms with Crippen molar-refractivity contribution in [3.8, 4) is 11.8 Å². The van der Waals surface area contributed by atoms with Crippen molar-refractivity contribution in [2.75, 3.05) is 24.4 Å². The summed E-state index contributed by atoms with van der Waals surface area (Å²) in [4.78, 5) is 43.4. The van der Waals surface area contributed by atoms with Crippen molar-refractivity contribution >= 4 is 40.4 Å². The number of hydrogen-bond acceptors (Lipinski definition) is 6. The molecule has 186 valence electrons. The van der Waals surface area contributed by atoms with E-state index in [-0.39, 0.29) is 24.8 Å². The average molecular weight is 497 g/mol. The summed E-state index contributed by atoms with van der Waals surface area (Å²) in [7, 11) is 3.19. The topological polar surface area (TPSA) is 143 Å². The first-order chi connectivity index (χ1) is 17.8. The van der Waals surface area contributed by atoms with Crippen LogP contribution in [0.15, 0.2) is 66.7 Å². The quantitative estimate of drug-likeness (QED) is 0.383. The number of carbonyl (C=O) groups excluding carboxylic acids is 3. The summed E-state index contributed by atoms with van der Waals surface area (Å²) >= 11 is 0. The lowest BCUT2D eigenvalue weighted by molar-refractivity contribution is -0.118. The second kappa shape index (κ2) is 10.6. The van der Waals surface area contributed by atoms with E-state index in [2.05, 4.69) is 10.3 Å². The van der Waals surface area contributed by atoms with E-state index in [0.29, 0.717) is 39.2 Å². The Hall–Kier alpha value is -5.17. The van der Waals surface area contributed by atoms with Crippen LogP contribution in [0.3, 0.4) is 0 Å². The van der Waals surface area contributed by atoms with E-state index in [1.54, 1.807) is 78.3 Å². The van der Waals surface area contributed by atoms with Gasteiger partial charge in [-0.2, -0.15) is 5.26 Å². The largest absolute Gasteiger partial charge is 0.497 e. The van der Waals surface area contributed by atoms with Crippen molar-refractivity contribution in [1.82, 2.24) is 9.55 Å². The summed E-state index contributed by atoms with van der Waals surface area (Å²) in [6.07, 6.45) is 0.0428. The summed E-state index contributed by atoms with van der Waals surface area (Å²) in [5.41, 5.74) is 8.36. The highest BCUT2D eigenvalue weighted by Crippen LogP contribution is 2.27. The Morgan fingerprint density at radius 2 is 1.84 bits per heavy atom. The monoisotopic (exact) mass is 496 g/mol. The van der Waals surface area contributed by atoms with Crippen molar-refractivity contribution in [1.29, 1.82) is 5.26 Å². The lowest BCUT2D eigenvalue weighted by atomic mass is 10.1. The lowest BCUT2D eigenvalue weighted by Crippen LogP contribution is -2.26. The number of methoxy groups -OCH3 is 1. The molecule has 0 fully saturated rings. The van der Waals surface area contributed by atoms with Crippen LogP contribution in [-0.4, -0.2) is 41.4 Å². The molecule has 1 aromatic heterocycles. The number of fused-ring (bicyclic) bond motifs is 1. The van der Waals surface area contributed by atoms with Gasteiger partial charge in [-0.15, -0.1) is 0 Å². The van der Waals surface area contributed by atoms with Gasteiger partial charge in [0.1, 0.15) is 5.75 Å². The number of nitrogens with zero attached hydrogens (tertiary/aromatic N) is 4. The number of anilines is 2. The summed E-state index contributed by atoms with van der Waals surface area (Å²) in [6.45, 7) is 0.201. The molecule has 10 heteroatoms. The molecule has 3 N–H and O–H groups in total. The second-order valence-corrected chi connectivity index (χ2v) is 8.22. The molecule has 37 heavy (non-hydrogen) atoms. The zero-order chi connectivity index (χ0) is 26.5. The Bertz CT molecular complexity index is 1540. The number of nitrogens with one attached hydrogen (secondary N) is 1. The number of carbonyl (C=O) groups is 3. The molecule has 0 aliphatic heterocycles. The average Bonchev–Trinajstić information content (AvgIpc) is 3.26. The Labute approximate surface area is 212 Å². The van der Waals surface area contributed by atoms with Crippen LogP contribution in [0.4, 0.5) is 11.6 Å². The number of amides is 3. The van der Waals surface area contributed by atoms with Crippen LogP contribution < -0.4 is 20.7 Å². The van der Waals surface area contributed by atoms with Crippen LogP contribution in [0.5, 0.6) is 5.75 Å². The molecular weight excluding hydrogens is 472 g/mol. The number of benzene rings is 3. The Balaban J connectivity index is 1.66. The molecule has 0 unspecified atom stereocenters. The highest BCUT2D eigenvalue weighted by molar-refractivity contribution is 6.07. The maximum absolute atomic E-state index is 13.1. The number of aryl methyl sites for hydroxylation is 1. The number of rotatable bonds is 8. The molecule has 3 amide bonds. The van der Waals surface area contributed by atoms with Crippen molar-refractivity contribution in [2.45, 2.75) is 13.0 Å². The van der Waals surface area contributed by atoms with Crippen LogP contribution >= 0.6 is 0 Å². The van der Waals surface area contributed by atoms with E-state index in [1.165, 1.54) is 12.0 Å². The molecule has 1 heterocycles. The SMILES string of the molecule is COc1cccc(C(=O)N(C)c2ccc3c(c2)nc(NC(=O)c2ccc(C#N)cc2)n3CCC(N)=O)c1. The van der Waals surface area contributed by atoms with E-state index in [1.807, 2.05) is 6.07 Å². The minimum absolute atomic E-state index is 0.0428. The fourth-order valence-electron chi connectivity index (χ4n) is 3.81. The van der Waals surface area contributed by atoms with Crippen LogP contribution in [0.1, 0.15) is 32.7 Å². The van der Waals surface area contributed by atoms with Crippen molar-refractivity contribution in [3.63, 3.8) is 0 Å². The molecule has 0 radical (unpaired) electrons. The van der Waals surface area contributed by atoms with Gasteiger partial charge in [0.05, 0.1) is 29.8 Å². The molecule has 3 aromatic carbocycles. The number of primary amides is 1. The van der Waals surface area contributed by atoms with Gasteiger partial charge in [0, 0.05) is 36.8 Å². The molecule has 0 aliphatic carbocycles. The van der Waals surface area contributed by atoms with Gasteiger partial charge in [0.15, 0.2) is 0 Å². The van der Waals surface area contributed by atoms with E-state index in [9.17, 15) is 14.4 Å². The van der Waals surface area contributed by atoms with E-state index in [0.717, 1.165) is 0 Å². The smallest absolute Gasteiger partial charge is 0.258 e. The van der Waals surface area contributed by atoms with Gasteiger partial charge in [-0.3, -0.25) is 19.7 Å². The zero-order valence-corrected chi connectivity index (χ0v) is 20.3. The lowest BCUT2D eigenvalue weighted by Gasteiger charge is -2.18. The molecule has 4 aromatic rings. The second-order valence-electron chi connectivity index (χ2n) is 8.22. The van der Waals surface area contributed by atoms with E-state index < -0.39 is 11.8 Å². The predicted octanol–water partition coefficient (Wildman–Crippen LogP) is 3.32. The number of nitrogens with two attached hydrogens (primary N) is 1. The number of ether oxygens (including phenoxy) is 1. The van der Waals surface area contributed by atoms with Crippen molar-refractivity contribution in [3.05, 3.63) is 83.4 Å². The third-order valence-electron chi connectivity index (χ3n) is 5.82. The number of hydrogen-bond donors (Lipinski definition) is 2. The molecule has 0 bridgehead atoms. The molecular formula is C27H24N6O4. The highest BCUT2D eigenvalue weighted by Gasteiger charge is 2.19. The first kappa shape index (κ1) is 24.9. The molecule has 0 saturated carbocycles. The van der Waals surface area contributed by atoms with Gasteiger partial charge in [0.2, 0.25) is 11.9 Å². The Morgan fingerprint density at radius 3 is 2.51 bits per heavy atom. The Morgan fingerprint density at radius 1 is 1.08 bits per heavy atom. The fraction of sp³-hybridized carbons (Fsp3) is 0.148. The highest BCUT2D eigenvalue weighted by atomic mass is 16.5. The molecule has 0 spiro atoms.